The van der Waals surface area contributed by atoms with Crippen LogP contribution in [0, 0.1) is 6.92 Å². The molecule has 0 aromatic heterocycles. The summed E-state index contributed by atoms with van der Waals surface area (Å²) in [7, 11) is 3.64. The van der Waals surface area contributed by atoms with Gasteiger partial charge in [0.25, 0.3) is 0 Å². The molecule has 0 bridgehead atoms. The smallest absolute Gasteiger partial charge is 0.244 e. The van der Waals surface area contributed by atoms with Crippen molar-refractivity contribution in [3.63, 3.8) is 0 Å². The highest BCUT2D eigenvalue weighted by molar-refractivity contribution is 5.92. The summed E-state index contributed by atoms with van der Waals surface area (Å²) in [4.78, 5) is 14.1. The van der Waals surface area contributed by atoms with E-state index in [2.05, 4.69) is 10.2 Å². The van der Waals surface area contributed by atoms with Gasteiger partial charge in [-0.2, -0.15) is 0 Å². The molecule has 0 unspecified atom stereocenters. The molecule has 4 nitrogen and oxygen atoms in total. The van der Waals surface area contributed by atoms with Crippen LogP contribution in [0.1, 0.15) is 11.1 Å². The second-order valence-corrected chi connectivity index (χ2v) is 5.63. The second kappa shape index (κ2) is 8.77. The predicted molar refractivity (Wildman–Crippen MR) is 99.5 cm³/mol. The first kappa shape index (κ1) is 17.6. The molecule has 0 spiro atoms. The maximum absolute atomic E-state index is 12.0. The topological polar surface area (TPSA) is 41.6 Å². The molecule has 126 valence electrons. The van der Waals surface area contributed by atoms with Crippen molar-refractivity contribution in [2.75, 3.05) is 32.1 Å². The zero-order chi connectivity index (χ0) is 17.4. The highest BCUT2D eigenvalue weighted by Crippen LogP contribution is 2.20. The Kier molecular flexibility index (Phi) is 6.43. The van der Waals surface area contributed by atoms with Gasteiger partial charge in [-0.1, -0.05) is 29.8 Å². The average molecular weight is 324 g/mol. The number of amides is 1. The van der Waals surface area contributed by atoms with Crippen molar-refractivity contribution in [3.05, 3.63) is 65.7 Å². The van der Waals surface area contributed by atoms with Crippen molar-refractivity contribution < 1.29 is 9.53 Å². The monoisotopic (exact) mass is 324 g/mol. The molecule has 1 amide bonds. The van der Waals surface area contributed by atoms with Crippen LogP contribution in [0.15, 0.2) is 54.6 Å². The Labute approximate surface area is 143 Å². The second-order valence-electron chi connectivity index (χ2n) is 5.63. The molecule has 0 heterocycles. The average Bonchev–Trinajstić information content (AvgIpc) is 2.60. The maximum Gasteiger partial charge on any atom is 0.244 e. The van der Waals surface area contributed by atoms with Crippen LogP contribution in [0.2, 0.25) is 0 Å². The molecule has 2 rings (SSSR count). The Bertz CT molecular complexity index is 696. The summed E-state index contributed by atoms with van der Waals surface area (Å²) in [6.45, 7) is 3.34. The van der Waals surface area contributed by atoms with Gasteiger partial charge in [-0.05, 0) is 37.3 Å². The van der Waals surface area contributed by atoms with Crippen molar-refractivity contribution >= 4 is 17.7 Å². The number of nitrogens with one attached hydrogen (secondary N) is 1. The fourth-order valence-corrected chi connectivity index (χ4v) is 2.37. The van der Waals surface area contributed by atoms with Crippen molar-refractivity contribution in [2.45, 2.75) is 6.92 Å². The standard InChI is InChI=1S/C20H24N2O2/c1-16-9-11-19(24-3)17(15-16)10-12-20(23)21-13-14-22(2)18-7-5-4-6-8-18/h4-12,15H,13-14H2,1-3H3,(H,21,23)/b12-10+. The van der Waals surface area contributed by atoms with Crippen LogP contribution < -0.4 is 15.0 Å². The zero-order valence-corrected chi connectivity index (χ0v) is 14.5. The number of aryl methyl sites for hydroxylation is 1. The SMILES string of the molecule is COc1ccc(C)cc1/C=C/C(=O)NCCN(C)c1ccccc1. The minimum Gasteiger partial charge on any atom is -0.496 e. The molecule has 0 aliphatic rings. The molecule has 4 heteroatoms. The van der Waals surface area contributed by atoms with Gasteiger partial charge < -0.3 is 15.0 Å². The fourth-order valence-electron chi connectivity index (χ4n) is 2.37. The first-order valence-corrected chi connectivity index (χ1v) is 7.97. The van der Waals surface area contributed by atoms with Crippen molar-refractivity contribution in [1.82, 2.24) is 5.32 Å². The number of carbonyl (C=O) groups is 1. The summed E-state index contributed by atoms with van der Waals surface area (Å²) in [5.74, 6) is 0.647. The van der Waals surface area contributed by atoms with Crippen LogP contribution in [0.25, 0.3) is 6.08 Å². The third kappa shape index (κ3) is 5.16. The van der Waals surface area contributed by atoms with Gasteiger partial charge in [0.2, 0.25) is 5.91 Å². The van der Waals surface area contributed by atoms with Crippen LogP contribution in [-0.2, 0) is 4.79 Å². The number of anilines is 1. The number of carbonyl (C=O) groups excluding carboxylic acids is 1. The Hall–Kier alpha value is -2.75. The van der Waals surface area contributed by atoms with E-state index in [1.165, 1.54) is 0 Å². The first-order valence-electron chi connectivity index (χ1n) is 7.97. The van der Waals surface area contributed by atoms with Gasteiger partial charge in [-0.25, -0.2) is 0 Å². The van der Waals surface area contributed by atoms with Gasteiger partial charge in [0.05, 0.1) is 7.11 Å². The molecule has 2 aromatic carbocycles. The summed E-state index contributed by atoms with van der Waals surface area (Å²) >= 11 is 0. The number of rotatable bonds is 7. The molecular weight excluding hydrogens is 300 g/mol. The van der Waals surface area contributed by atoms with Crippen LogP contribution in [0.5, 0.6) is 5.75 Å². The molecule has 24 heavy (non-hydrogen) atoms. The van der Waals surface area contributed by atoms with E-state index in [-0.39, 0.29) is 5.91 Å². The maximum atomic E-state index is 12.0. The largest absolute Gasteiger partial charge is 0.496 e. The van der Waals surface area contributed by atoms with Crippen LogP contribution in [-0.4, -0.2) is 33.2 Å². The van der Waals surface area contributed by atoms with Crippen LogP contribution in [0.4, 0.5) is 5.69 Å². The van der Waals surface area contributed by atoms with E-state index < -0.39 is 0 Å². The number of hydrogen-bond donors (Lipinski definition) is 1. The lowest BCUT2D eigenvalue weighted by molar-refractivity contribution is -0.116. The van der Waals surface area contributed by atoms with E-state index >= 15 is 0 Å². The molecule has 0 atom stereocenters. The van der Waals surface area contributed by atoms with Gasteiger partial charge in [-0.3, -0.25) is 4.79 Å². The Morgan fingerprint density at radius 1 is 1.21 bits per heavy atom. The number of ether oxygens (including phenoxy) is 1. The lowest BCUT2D eigenvalue weighted by Gasteiger charge is -2.19. The minimum atomic E-state index is -0.111. The van der Waals surface area contributed by atoms with E-state index in [9.17, 15) is 4.79 Å². The number of benzene rings is 2. The van der Waals surface area contributed by atoms with E-state index in [1.54, 1.807) is 19.3 Å². The Balaban J connectivity index is 1.84. The third-order valence-electron chi connectivity index (χ3n) is 3.74. The molecule has 0 radical (unpaired) electrons. The molecule has 0 saturated heterocycles. The highest BCUT2D eigenvalue weighted by Gasteiger charge is 2.02. The molecule has 0 aliphatic carbocycles. The number of nitrogens with zero attached hydrogens (tertiary/aromatic N) is 1. The third-order valence-corrected chi connectivity index (χ3v) is 3.74. The van der Waals surface area contributed by atoms with Crippen molar-refractivity contribution in [3.8, 4) is 5.75 Å². The highest BCUT2D eigenvalue weighted by atomic mass is 16.5. The quantitative estimate of drug-likeness (QED) is 0.795. The number of methoxy groups -OCH3 is 1. The van der Waals surface area contributed by atoms with Gasteiger partial charge in [0, 0.05) is 37.5 Å². The van der Waals surface area contributed by atoms with Gasteiger partial charge in [0.1, 0.15) is 5.75 Å². The normalized spacial score (nSPS) is 10.6. The van der Waals surface area contributed by atoms with E-state index in [0.29, 0.717) is 6.54 Å². The summed E-state index contributed by atoms with van der Waals surface area (Å²) in [6, 6.07) is 16.0. The van der Waals surface area contributed by atoms with Gasteiger partial charge in [-0.15, -0.1) is 0 Å². The minimum absolute atomic E-state index is 0.111. The molecular formula is C20H24N2O2. The fraction of sp³-hybridized carbons (Fsp3) is 0.250. The zero-order valence-electron chi connectivity index (χ0n) is 14.5. The number of para-hydroxylation sites is 1. The molecule has 0 saturated carbocycles. The Morgan fingerprint density at radius 2 is 1.96 bits per heavy atom. The van der Waals surface area contributed by atoms with Crippen LogP contribution in [0.3, 0.4) is 0 Å². The molecule has 2 aromatic rings. The summed E-state index contributed by atoms with van der Waals surface area (Å²) < 4.78 is 5.30. The number of likely N-dealkylation sites (N-methyl/N-ethyl adjacent to an activating group) is 1. The lowest BCUT2D eigenvalue weighted by atomic mass is 10.1. The molecule has 1 N–H and O–H groups in total. The van der Waals surface area contributed by atoms with Gasteiger partial charge >= 0.3 is 0 Å². The lowest BCUT2D eigenvalue weighted by Crippen LogP contribution is -2.31. The summed E-state index contributed by atoms with van der Waals surface area (Å²) in [6.07, 6.45) is 3.32. The van der Waals surface area contributed by atoms with Crippen molar-refractivity contribution in [1.29, 1.82) is 0 Å². The van der Waals surface area contributed by atoms with Gasteiger partial charge in [0.15, 0.2) is 0 Å². The van der Waals surface area contributed by atoms with E-state index in [4.69, 9.17) is 4.74 Å². The summed E-state index contributed by atoms with van der Waals surface area (Å²) in [5.41, 5.74) is 3.15. The van der Waals surface area contributed by atoms with E-state index in [0.717, 1.165) is 29.1 Å². The van der Waals surface area contributed by atoms with Crippen molar-refractivity contribution in [2.24, 2.45) is 0 Å². The van der Waals surface area contributed by atoms with E-state index in [1.807, 2.05) is 62.5 Å². The molecule has 0 fully saturated rings. The first-order chi connectivity index (χ1) is 11.6. The summed E-state index contributed by atoms with van der Waals surface area (Å²) in [5, 5.41) is 2.90. The Morgan fingerprint density at radius 3 is 2.67 bits per heavy atom. The van der Waals surface area contributed by atoms with Crippen LogP contribution >= 0.6 is 0 Å². The molecule has 0 aliphatic heterocycles. The number of hydrogen-bond acceptors (Lipinski definition) is 3. The predicted octanol–water partition coefficient (Wildman–Crippen LogP) is 3.27.